The molecule has 2 rings (SSSR count). The van der Waals surface area contributed by atoms with Crippen LogP contribution in [0.5, 0.6) is 0 Å². The van der Waals surface area contributed by atoms with Crippen molar-refractivity contribution in [3.63, 3.8) is 0 Å². The van der Waals surface area contributed by atoms with Gasteiger partial charge in [-0.05, 0) is 12.1 Å². The average Bonchev–Trinajstić information content (AvgIpc) is 2.27. The molecule has 1 aromatic carbocycles. The topological polar surface area (TPSA) is 90.7 Å². The lowest BCUT2D eigenvalue weighted by Gasteiger charge is -2.08. The summed E-state index contributed by atoms with van der Waals surface area (Å²) in [7, 11) is 0. The minimum Gasteiger partial charge on any atom is -0.368 e. The number of nitrogens with two attached hydrogens (primary N) is 2. The maximum atomic E-state index is 12.5. The normalized spacial score (nSPS) is 11.5. The van der Waals surface area contributed by atoms with Crippen molar-refractivity contribution in [1.82, 2.24) is 15.0 Å². The Hall–Kier alpha value is -2.38. The second-order valence-corrected chi connectivity index (χ2v) is 3.45. The van der Waals surface area contributed by atoms with Crippen LogP contribution < -0.4 is 11.5 Å². The summed E-state index contributed by atoms with van der Waals surface area (Å²) in [4.78, 5) is 11.0. The number of aromatic nitrogens is 3. The fraction of sp³-hybridized carbons (Fsp3) is 0.100. The van der Waals surface area contributed by atoms with Gasteiger partial charge in [0.2, 0.25) is 11.9 Å². The highest BCUT2D eigenvalue weighted by atomic mass is 19.4. The largest absolute Gasteiger partial charge is 0.416 e. The monoisotopic (exact) mass is 255 g/mol. The number of benzene rings is 1. The van der Waals surface area contributed by atoms with Gasteiger partial charge in [0.15, 0.2) is 5.82 Å². The predicted molar refractivity (Wildman–Crippen MR) is 59.1 cm³/mol. The van der Waals surface area contributed by atoms with E-state index >= 15 is 0 Å². The number of rotatable bonds is 1. The first-order chi connectivity index (χ1) is 8.36. The number of nitrogens with zero attached hydrogens (tertiary/aromatic N) is 3. The Morgan fingerprint density at radius 2 is 1.56 bits per heavy atom. The van der Waals surface area contributed by atoms with Gasteiger partial charge in [0.05, 0.1) is 5.56 Å². The number of nitrogen functional groups attached to an aromatic ring is 2. The lowest BCUT2D eigenvalue weighted by Crippen LogP contribution is -2.06. The van der Waals surface area contributed by atoms with Crippen molar-refractivity contribution in [1.29, 1.82) is 0 Å². The number of hydrogen-bond acceptors (Lipinski definition) is 5. The van der Waals surface area contributed by atoms with Crippen LogP contribution in [0.25, 0.3) is 11.4 Å². The van der Waals surface area contributed by atoms with Crippen molar-refractivity contribution in [3.8, 4) is 11.4 Å². The molecule has 0 radical (unpaired) electrons. The predicted octanol–water partition coefficient (Wildman–Crippen LogP) is 1.72. The van der Waals surface area contributed by atoms with Gasteiger partial charge in [-0.1, -0.05) is 12.1 Å². The highest BCUT2D eigenvalue weighted by Crippen LogP contribution is 2.31. The van der Waals surface area contributed by atoms with E-state index in [0.717, 1.165) is 12.1 Å². The fourth-order valence-electron chi connectivity index (χ4n) is 1.37. The van der Waals surface area contributed by atoms with Crippen molar-refractivity contribution in [2.75, 3.05) is 11.5 Å². The van der Waals surface area contributed by atoms with Crippen LogP contribution in [0.1, 0.15) is 5.56 Å². The van der Waals surface area contributed by atoms with E-state index in [1.807, 2.05) is 0 Å². The molecule has 1 aromatic heterocycles. The second kappa shape index (κ2) is 4.13. The lowest BCUT2D eigenvalue weighted by atomic mass is 10.1. The van der Waals surface area contributed by atoms with Gasteiger partial charge in [-0.25, -0.2) is 0 Å². The summed E-state index contributed by atoms with van der Waals surface area (Å²) < 4.78 is 37.6. The summed E-state index contributed by atoms with van der Waals surface area (Å²) in [6.45, 7) is 0. The van der Waals surface area contributed by atoms with E-state index in [-0.39, 0.29) is 23.3 Å². The quantitative estimate of drug-likeness (QED) is 0.809. The van der Waals surface area contributed by atoms with E-state index in [1.165, 1.54) is 12.1 Å². The van der Waals surface area contributed by atoms with E-state index in [4.69, 9.17) is 11.5 Å². The molecule has 0 bridgehead atoms. The molecular formula is C10H8F3N5. The minimum atomic E-state index is -4.43. The molecule has 2 aromatic rings. The van der Waals surface area contributed by atoms with Crippen LogP contribution in [0.4, 0.5) is 25.1 Å². The molecule has 0 aliphatic heterocycles. The molecular weight excluding hydrogens is 247 g/mol. The standard InChI is InChI=1S/C10H8F3N5/c11-10(12,13)6-3-1-2-5(4-6)7-16-8(14)18-9(15)17-7/h1-4H,(H4,14,15,16,17,18). The Balaban J connectivity index is 2.51. The fourth-order valence-corrected chi connectivity index (χ4v) is 1.37. The van der Waals surface area contributed by atoms with Crippen molar-refractivity contribution in [2.45, 2.75) is 6.18 Å². The first-order valence-electron chi connectivity index (χ1n) is 4.81. The van der Waals surface area contributed by atoms with Crippen LogP contribution in [0.2, 0.25) is 0 Å². The third-order valence-corrected chi connectivity index (χ3v) is 2.12. The molecule has 0 fully saturated rings. The third kappa shape index (κ3) is 2.47. The Bertz CT molecular complexity index is 562. The number of hydrogen-bond donors (Lipinski definition) is 2. The molecule has 0 aliphatic rings. The Morgan fingerprint density at radius 3 is 2.11 bits per heavy atom. The number of anilines is 2. The van der Waals surface area contributed by atoms with Crippen LogP contribution in [0, 0.1) is 0 Å². The zero-order valence-electron chi connectivity index (χ0n) is 8.94. The van der Waals surface area contributed by atoms with Gasteiger partial charge in [0.1, 0.15) is 0 Å². The first kappa shape index (κ1) is 12.1. The maximum absolute atomic E-state index is 12.5. The van der Waals surface area contributed by atoms with Crippen LogP contribution in [0.15, 0.2) is 24.3 Å². The van der Waals surface area contributed by atoms with Crippen LogP contribution in [-0.4, -0.2) is 15.0 Å². The van der Waals surface area contributed by atoms with E-state index in [1.54, 1.807) is 0 Å². The van der Waals surface area contributed by atoms with Gasteiger partial charge < -0.3 is 11.5 Å². The summed E-state index contributed by atoms with van der Waals surface area (Å²) in [5, 5.41) is 0. The lowest BCUT2D eigenvalue weighted by molar-refractivity contribution is -0.137. The zero-order valence-corrected chi connectivity index (χ0v) is 8.94. The van der Waals surface area contributed by atoms with Crippen molar-refractivity contribution in [2.24, 2.45) is 0 Å². The molecule has 5 nitrogen and oxygen atoms in total. The van der Waals surface area contributed by atoms with E-state index in [9.17, 15) is 13.2 Å². The van der Waals surface area contributed by atoms with Gasteiger partial charge in [0.25, 0.3) is 0 Å². The Labute approximate surface area is 99.7 Å². The molecule has 0 saturated carbocycles. The van der Waals surface area contributed by atoms with E-state index in [2.05, 4.69) is 15.0 Å². The summed E-state index contributed by atoms with van der Waals surface area (Å²) in [5.74, 6) is -0.282. The zero-order chi connectivity index (χ0) is 13.3. The molecule has 0 amide bonds. The van der Waals surface area contributed by atoms with Gasteiger partial charge in [0, 0.05) is 5.56 Å². The van der Waals surface area contributed by atoms with Crippen LogP contribution >= 0.6 is 0 Å². The average molecular weight is 255 g/mol. The molecule has 18 heavy (non-hydrogen) atoms. The summed E-state index contributed by atoms with van der Waals surface area (Å²) in [5.41, 5.74) is 10.1. The van der Waals surface area contributed by atoms with Gasteiger partial charge in [-0.3, -0.25) is 0 Å². The summed E-state index contributed by atoms with van der Waals surface area (Å²) >= 11 is 0. The molecule has 0 aliphatic carbocycles. The molecule has 0 atom stereocenters. The second-order valence-electron chi connectivity index (χ2n) is 3.45. The molecule has 94 valence electrons. The molecule has 4 N–H and O–H groups in total. The number of alkyl halides is 3. The molecule has 0 saturated heterocycles. The van der Waals surface area contributed by atoms with Gasteiger partial charge >= 0.3 is 6.18 Å². The summed E-state index contributed by atoms with van der Waals surface area (Å²) in [6, 6.07) is 4.57. The maximum Gasteiger partial charge on any atom is 0.416 e. The van der Waals surface area contributed by atoms with Gasteiger partial charge in [-0.15, -0.1) is 0 Å². The molecule has 0 unspecified atom stereocenters. The van der Waals surface area contributed by atoms with E-state index in [0.29, 0.717) is 0 Å². The number of halogens is 3. The molecule has 1 heterocycles. The van der Waals surface area contributed by atoms with Crippen molar-refractivity contribution >= 4 is 11.9 Å². The first-order valence-corrected chi connectivity index (χ1v) is 4.81. The minimum absolute atomic E-state index is 0.00565. The summed E-state index contributed by atoms with van der Waals surface area (Å²) in [6.07, 6.45) is -4.43. The van der Waals surface area contributed by atoms with Crippen LogP contribution in [-0.2, 0) is 6.18 Å². The SMILES string of the molecule is Nc1nc(N)nc(-c2cccc(C(F)(F)F)c2)n1. The molecule has 0 spiro atoms. The van der Waals surface area contributed by atoms with Gasteiger partial charge in [-0.2, -0.15) is 28.1 Å². The van der Waals surface area contributed by atoms with Crippen molar-refractivity contribution < 1.29 is 13.2 Å². The van der Waals surface area contributed by atoms with Crippen LogP contribution in [0.3, 0.4) is 0 Å². The third-order valence-electron chi connectivity index (χ3n) is 2.12. The Kier molecular flexibility index (Phi) is 2.77. The van der Waals surface area contributed by atoms with Crippen molar-refractivity contribution in [3.05, 3.63) is 29.8 Å². The smallest absolute Gasteiger partial charge is 0.368 e. The molecule has 8 heteroatoms. The Morgan fingerprint density at radius 1 is 0.944 bits per heavy atom. The highest BCUT2D eigenvalue weighted by molar-refractivity contribution is 5.58. The van der Waals surface area contributed by atoms with E-state index < -0.39 is 11.7 Å². The highest BCUT2D eigenvalue weighted by Gasteiger charge is 2.30.